The Labute approximate surface area is 169 Å². The third-order valence-electron chi connectivity index (χ3n) is 4.30. The summed E-state index contributed by atoms with van der Waals surface area (Å²) in [6, 6.07) is 0. The maximum atomic E-state index is 12.4. The maximum absolute atomic E-state index is 12.4. The molecule has 0 amide bonds. The molecule has 0 N–H and O–H groups in total. The number of allylic oxidation sites excluding steroid dienone is 3. The summed E-state index contributed by atoms with van der Waals surface area (Å²) >= 11 is 0. The highest BCUT2D eigenvalue weighted by atomic mass is 16.8. The first-order valence-corrected chi connectivity index (χ1v) is 10.3. The van der Waals surface area contributed by atoms with Gasteiger partial charge in [0.1, 0.15) is 0 Å². The normalized spacial score (nSPS) is 20.1. The largest absolute Gasteiger partial charge is 0.464 e. The van der Waals surface area contributed by atoms with E-state index in [0.29, 0.717) is 13.2 Å². The van der Waals surface area contributed by atoms with Gasteiger partial charge in [0.2, 0.25) is 0 Å². The molecule has 0 spiro atoms. The van der Waals surface area contributed by atoms with E-state index >= 15 is 0 Å². The van der Waals surface area contributed by atoms with Crippen molar-refractivity contribution in [2.45, 2.75) is 91.6 Å². The standard InChI is InChI=1S/C22H36O6/c1-6-8-13-25-21(23)19-20(22(24)26-14-9-7-2)28-18(27-19)15-17(5)12-10-11-16(3)4/h11,15,18-20H,6-10,12-14H2,1-5H3/t19-,20-/m1/s1. The molecule has 6 nitrogen and oxygen atoms in total. The van der Waals surface area contributed by atoms with E-state index in [0.717, 1.165) is 44.1 Å². The lowest BCUT2D eigenvalue weighted by Gasteiger charge is -2.14. The predicted molar refractivity (Wildman–Crippen MR) is 108 cm³/mol. The van der Waals surface area contributed by atoms with Crippen LogP contribution >= 0.6 is 0 Å². The molecular weight excluding hydrogens is 360 g/mol. The fraction of sp³-hybridized carbons (Fsp3) is 0.727. The van der Waals surface area contributed by atoms with E-state index in [4.69, 9.17) is 18.9 Å². The highest BCUT2D eigenvalue weighted by Gasteiger charge is 2.46. The van der Waals surface area contributed by atoms with Crippen LogP contribution in [0.1, 0.15) is 73.1 Å². The molecule has 28 heavy (non-hydrogen) atoms. The summed E-state index contributed by atoms with van der Waals surface area (Å²) in [6.45, 7) is 10.7. The fourth-order valence-corrected chi connectivity index (χ4v) is 2.60. The van der Waals surface area contributed by atoms with Gasteiger partial charge in [-0.3, -0.25) is 0 Å². The summed E-state index contributed by atoms with van der Waals surface area (Å²) < 4.78 is 21.9. The molecule has 1 heterocycles. The van der Waals surface area contributed by atoms with Gasteiger partial charge in [-0.1, -0.05) is 43.9 Å². The van der Waals surface area contributed by atoms with Gasteiger partial charge in [-0.15, -0.1) is 0 Å². The van der Waals surface area contributed by atoms with Gasteiger partial charge in [-0.05, 0) is 52.5 Å². The number of unbranched alkanes of at least 4 members (excludes halogenated alkanes) is 2. The number of ether oxygens (including phenoxy) is 4. The number of carbonyl (C=O) groups excluding carboxylic acids is 2. The Hall–Kier alpha value is -1.66. The minimum atomic E-state index is -1.10. The van der Waals surface area contributed by atoms with Gasteiger partial charge in [0.05, 0.1) is 13.2 Å². The summed E-state index contributed by atoms with van der Waals surface area (Å²) in [5.74, 6) is -1.16. The molecule has 1 fully saturated rings. The van der Waals surface area contributed by atoms with E-state index in [-0.39, 0.29) is 0 Å². The summed E-state index contributed by atoms with van der Waals surface area (Å²) in [6.07, 6.45) is 6.13. The first kappa shape index (κ1) is 24.4. The quantitative estimate of drug-likeness (QED) is 0.275. The van der Waals surface area contributed by atoms with Crippen LogP contribution in [0.5, 0.6) is 0 Å². The molecule has 0 saturated carbocycles. The van der Waals surface area contributed by atoms with E-state index in [1.54, 1.807) is 0 Å². The van der Waals surface area contributed by atoms with Crippen molar-refractivity contribution in [2.24, 2.45) is 0 Å². The molecule has 1 aliphatic rings. The zero-order valence-corrected chi connectivity index (χ0v) is 18.0. The SMILES string of the molecule is CCCCOC(=O)[C@@H]1OC(C=C(C)CCC=C(C)C)O[C@H]1C(=O)OCCCC. The van der Waals surface area contributed by atoms with Crippen molar-refractivity contribution in [1.82, 2.24) is 0 Å². The van der Waals surface area contributed by atoms with E-state index in [1.165, 1.54) is 5.57 Å². The summed E-state index contributed by atoms with van der Waals surface area (Å²) in [4.78, 5) is 24.8. The van der Waals surface area contributed by atoms with Crippen LogP contribution in [-0.2, 0) is 28.5 Å². The van der Waals surface area contributed by atoms with E-state index in [2.05, 4.69) is 19.9 Å². The zero-order valence-electron chi connectivity index (χ0n) is 18.0. The van der Waals surface area contributed by atoms with Gasteiger partial charge >= 0.3 is 11.9 Å². The Bertz CT molecular complexity index is 517. The van der Waals surface area contributed by atoms with Crippen LogP contribution < -0.4 is 0 Å². The van der Waals surface area contributed by atoms with Crippen LogP contribution in [0.3, 0.4) is 0 Å². The van der Waals surface area contributed by atoms with Gasteiger partial charge in [-0.25, -0.2) is 9.59 Å². The van der Waals surface area contributed by atoms with Crippen molar-refractivity contribution < 1.29 is 28.5 Å². The summed E-state index contributed by atoms with van der Waals surface area (Å²) in [5, 5.41) is 0. The van der Waals surface area contributed by atoms with Crippen molar-refractivity contribution in [3.63, 3.8) is 0 Å². The molecular formula is C22H36O6. The second-order valence-corrected chi connectivity index (χ2v) is 7.36. The smallest absolute Gasteiger partial charge is 0.338 e. The van der Waals surface area contributed by atoms with Crippen molar-refractivity contribution in [3.05, 3.63) is 23.3 Å². The molecule has 0 aliphatic carbocycles. The zero-order chi connectivity index (χ0) is 20.9. The van der Waals surface area contributed by atoms with Gasteiger partial charge in [0.25, 0.3) is 0 Å². The van der Waals surface area contributed by atoms with Crippen LogP contribution in [0.2, 0.25) is 0 Å². The number of rotatable bonds is 12. The van der Waals surface area contributed by atoms with Gasteiger partial charge in [0.15, 0.2) is 18.5 Å². The lowest BCUT2D eigenvalue weighted by atomic mass is 10.1. The Morgan fingerprint density at radius 2 is 1.39 bits per heavy atom. The molecule has 0 aromatic rings. The topological polar surface area (TPSA) is 71.1 Å². The molecule has 1 aliphatic heterocycles. The van der Waals surface area contributed by atoms with Crippen molar-refractivity contribution >= 4 is 11.9 Å². The van der Waals surface area contributed by atoms with Crippen LogP contribution in [0.25, 0.3) is 0 Å². The Kier molecular flexibility index (Phi) is 11.8. The predicted octanol–water partition coefficient (Wildman–Crippen LogP) is 4.48. The summed E-state index contributed by atoms with van der Waals surface area (Å²) in [5.41, 5.74) is 2.34. The Morgan fingerprint density at radius 1 is 0.893 bits per heavy atom. The number of hydrogen-bond acceptors (Lipinski definition) is 6. The average Bonchev–Trinajstić information content (AvgIpc) is 3.05. The van der Waals surface area contributed by atoms with Crippen LogP contribution in [0, 0.1) is 0 Å². The Balaban J connectivity index is 2.75. The van der Waals surface area contributed by atoms with Gasteiger partial charge < -0.3 is 18.9 Å². The minimum Gasteiger partial charge on any atom is -0.464 e. The molecule has 6 heteroatoms. The molecule has 1 rings (SSSR count). The first-order valence-electron chi connectivity index (χ1n) is 10.3. The number of hydrogen-bond donors (Lipinski definition) is 0. The maximum Gasteiger partial charge on any atom is 0.338 e. The molecule has 0 unspecified atom stereocenters. The van der Waals surface area contributed by atoms with Gasteiger partial charge in [-0.2, -0.15) is 0 Å². The monoisotopic (exact) mass is 396 g/mol. The molecule has 160 valence electrons. The second kappa shape index (κ2) is 13.5. The van der Waals surface area contributed by atoms with Crippen molar-refractivity contribution in [1.29, 1.82) is 0 Å². The van der Waals surface area contributed by atoms with Crippen molar-refractivity contribution in [3.8, 4) is 0 Å². The van der Waals surface area contributed by atoms with E-state index < -0.39 is 30.4 Å². The first-order chi connectivity index (χ1) is 13.4. The summed E-state index contributed by atoms with van der Waals surface area (Å²) in [7, 11) is 0. The highest BCUT2D eigenvalue weighted by molar-refractivity contribution is 5.86. The molecule has 0 radical (unpaired) electrons. The average molecular weight is 397 g/mol. The number of carbonyl (C=O) groups is 2. The molecule has 0 bridgehead atoms. The molecule has 0 aromatic carbocycles. The van der Waals surface area contributed by atoms with E-state index in [1.807, 2.05) is 26.8 Å². The third-order valence-corrected chi connectivity index (χ3v) is 4.30. The lowest BCUT2D eigenvalue weighted by Crippen LogP contribution is -2.39. The minimum absolute atomic E-state index is 0.301. The van der Waals surface area contributed by atoms with Crippen LogP contribution in [-0.4, -0.2) is 43.7 Å². The third kappa shape index (κ3) is 9.02. The van der Waals surface area contributed by atoms with Gasteiger partial charge in [0, 0.05) is 0 Å². The molecule has 0 aromatic heterocycles. The lowest BCUT2D eigenvalue weighted by molar-refractivity contribution is -0.163. The fourth-order valence-electron chi connectivity index (χ4n) is 2.60. The second-order valence-electron chi connectivity index (χ2n) is 7.36. The Morgan fingerprint density at radius 3 is 1.82 bits per heavy atom. The van der Waals surface area contributed by atoms with Crippen molar-refractivity contribution in [2.75, 3.05) is 13.2 Å². The highest BCUT2D eigenvalue weighted by Crippen LogP contribution is 2.24. The van der Waals surface area contributed by atoms with E-state index in [9.17, 15) is 9.59 Å². The van der Waals surface area contributed by atoms with Crippen LogP contribution in [0.4, 0.5) is 0 Å². The number of esters is 2. The van der Waals surface area contributed by atoms with Crippen LogP contribution in [0.15, 0.2) is 23.3 Å². The molecule has 2 atom stereocenters. The molecule has 1 saturated heterocycles.